The fourth-order valence-corrected chi connectivity index (χ4v) is 2.11. The Labute approximate surface area is 105 Å². The molecular formula is C14H14N4. The molecule has 0 atom stereocenters. The van der Waals surface area contributed by atoms with Crippen molar-refractivity contribution in [2.75, 3.05) is 5.73 Å². The summed E-state index contributed by atoms with van der Waals surface area (Å²) in [6.07, 6.45) is 0.691. The molecule has 2 N–H and O–H groups in total. The third-order valence-electron chi connectivity index (χ3n) is 3.05. The number of pyridine rings is 1. The molecule has 18 heavy (non-hydrogen) atoms. The topological polar surface area (TPSA) is 56.7 Å². The van der Waals surface area contributed by atoms with Crippen molar-refractivity contribution in [1.82, 2.24) is 14.5 Å². The molecule has 90 valence electrons. The number of fused-ring (bicyclic) bond motifs is 1. The first-order valence-corrected chi connectivity index (χ1v) is 5.86. The number of aromatic nitrogens is 3. The van der Waals surface area contributed by atoms with Crippen molar-refractivity contribution >= 4 is 16.9 Å². The van der Waals surface area contributed by atoms with Gasteiger partial charge in [0.1, 0.15) is 11.6 Å². The van der Waals surface area contributed by atoms with Crippen LogP contribution in [0.4, 0.5) is 5.82 Å². The SMILES string of the molecule is Cn1c(Cc2cccc(N)n2)nc2ccccc21. The van der Waals surface area contributed by atoms with Gasteiger partial charge in [0.25, 0.3) is 0 Å². The Morgan fingerprint density at radius 3 is 2.67 bits per heavy atom. The zero-order valence-electron chi connectivity index (χ0n) is 10.2. The van der Waals surface area contributed by atoms with Gasteiger partial charge in [0.2, 0.25) is 0 Å². The van der Waals surface area contributed by atoms with Gasteiger partial charge in [-0.1, -0.05) is 18.2 Å². The number of nitrogens with zero attached hydrogens (tertiary/aromatic N) is 3. The molecule has 2 aromatic heterocycles. The van der Waals surface area contributed by atoms with E-state index in [0.717, 1.165) is 22.6 Å². The summed E-state index contributed by atoms with van der Waals surface area (Å²) in [5.41, 5.74) is 8.77. The normalized spacial score (nSPS) is 10.9. The minimum absolute atomic E-state index is 0.547. The minimum Gasteiger partial charge on any atom is -0.384 e. The van der Waals surface area contributed by atoms with E-state index < -0.39 is 0 Å². The van der Waals surface area contributed by atoms with Crippen molar-refractivity contribution in [1.29, 1.82) is 0 Å². The van der Waals surface area contributed by atoms with E-state index in [1.165, 1.54) is 0 Å². The Morgan fingerprint density at radius 1 is 1.06 bits per heavy atom. The van der Waals surface area contributed by atoms with Crippen LogP contribution in [0.5, 0.6) is 0 Å². The first-order valence-electron chi connectivity index (χ1n) is 5.86. The molecule has 0 spiro atoms. The number of nitrogen functional groups attached to an aromatic ring is 1. The van der Waals surface area contributed by atoms with Crippen LogP contribution in [0.1, 0.15) is 11.5 Å². The van der Waals surface area contributed by atoms with Gasteiger partial charge in [0.15, 0.2) is 0 Å². The Bertz CT molecular complexity index is 700. The Balaban J connectivity index is 2.02. The maximum Gasteiger partial charge on any atom is 0.123 e. The van der Waals surface area contributed by atoms with Crippen LogP contribution < -0.4 is 5.73 Å². The number of imidazole rings is 1. The predicted octanol–water partition coefficient (Wildman–Crippen LogP) is 2.14. The van der Waals surface area contributed by atoms with Gasteiger partial charge < -0.3 is 10.3 Å². The van der Waals surface area contributed by atoms with Gasteiger partial charge in [-0.2, -0.15) is 0 Å². The van der Waals surface area contributed by atoms with E-state index >= 15 is 0 Å². The van der Waals surface area contributed by atoms with Gasteiger partial charge >= 0.3 is 0 Å². The zero-order chi connectivity index (χ0) is 12.5. The molecule has 0 unspecified atom stereocenters. The van der Waals surface area contributed by atoms with Crippen LogP contribution in [0.2, 0.25) is 0 Å². The van der Waals surface area contributed by atoms with E-state index in [2.05, 4.69) is 20.6 Å². The average Bonchev–Trinajstić information content (AvgIpc) is 2.67. The van der Waals surface area contributed by atoms with Crippen molar-refractivity contribution < 1.29 is 0 Å². The van der Waals surface area contributed by atoms with E-state index in [1.54, 1.807) is 6.07 Å². The number of aryl methyl sites for hydroxylation is 1. The fraction of sp³-hybridized carbons (Fsp3) is 0.143. The Morgan fingerprint density at radius 2 is 1.89 bits per heavy atom. The van der Waals surface area contributed by atoms with Crippen LogP contribution in [0.25, 0.3) is 11.0 Å². The summed E-state index contributed by atoms with van der Waals surface area (Å²) < 4.78 is 2.10. The standard InChI is InChI=1S/C14H14N4/c1-18-12-7-3-2-6-11(12)17-14(18)9-10-5-4-8-13(15)16-10/h2-8H,9H2,1H3,(H2,15,16). The first-order chi connectivity index (χ1) is 8.74. The molecule has 3 aromatic rings. The smallest absolute Gasteiger partial charge is 0.123 e. The highest BCUT2D eigenvalue weighted by molar-refractivity contribution is 5.75. The summed E-state index contributed by atoms with van der Waals surface area (Å²) in [5, 5.41) is 0. The second kappa shape index (κ2) is 4.14. The van der Waals surface area contributed by atoms with Crippen LogP contribution in [0.3, 0.4) is 0 Å². The number of rotatable bonds is 2. The molecule has 0 aliphatic carbocycles. The zero-order valence-corrected chi connectivity index (χ0v) is 10.2. The lowest BCUT2D eigenvalue weighted by Gasteiger charge is -2.02. The van der Waals surface area contributed by atoms with Crippen molar-refractivity contribution in [2.24, 2.45) is 7.05 Å². The Kier molecular flexibility index (Phi) is 2.48. The molecule has 4 nitrogen and oxygen atoms in total. The maximum atomic E-state index is 5.69. The van der Waals surface area contributed by atoms with Crippen molar-refractivity contribution in [3.05, 3.63) is 54.0 Å². The number of hydrogen-bond donors (Lipinski definition) is 1. The number of benzene rings is 1. The molecule has 0 radical (unpaired) electrons. The molecule has 0 aliphatic rings. The summed E-state index contributed by atoms with van der Waals surface area (Å²) in [6, 6.07) is 13.8. The lowest BCUT2D eigenvalue weighted by molar-refractivity contribution is 0.833. The first kappa shape index (κ1) is 10.8. The largest absolute Gasteiger partial charge is 0.384 e. The molecule has 0 saturated heterocycles. The van der Waals surface area contributed by atoms with Gasteiger partial charge in [0.05, 0.1) is 16.7 Å². The number of anilines is 1. The molecule has 2 heterocycles. The van der Waals surface area contributed by atoms with Gasteiger partial charge in [-0.25, -0.2) is 9.97 Å². The molecule has 1 aromatic carbocycles. The van der Waals surface area contributed by atoms with Crippen molar-refractivity contribution in [2.45, 2.75) is 6.42 Å². The fourth-order valence-electron chi connectivity index (χ4n) is 2.11. The molecule has 0 bridgehead atoms. The lowest BCUT2D eigenvalue weighted by atomic mass is 10.2. The molecular weight excluding hydrogens is 224 g/mol. The highest BCUT2D eigenvalue weighted by Gasteiger charge is 2.08. The minimum atomic E-state index is 0.547. The second-order valence-corrected chi connectivity index (χ2v) is 4.31. The van der Waals surface area contributed by atoms with E-state index in [4.69, 9.17) is 5.73 Å². The van der Waals surface area contributed by atoms with Gasteiger partial charge in [-0.05, 0) is 24.3 Å². The highest BCUT2D eigenvalue weighted by atomic mass is 15.1. The van der Waals surface area contributed by atoms with Gasteiger partial charge in [-0.3, -0.25) is 0 Å². The summed E-state index contributed by atoms with van der Waals surface area (Å²) >= 11 is 0. The lowest BCUT2D eigenvalue weighted by Crippen LogP contribution is -2.02. The Hall–Kier alpha value is -2.36. The quantitative estimate of drug-likeness (QED) is 0.744. The number of hydrogen-bond acceptors (Lipinski definition) is 3. The van der Waals surface area contributed by atoms with Crippen LogP contribution >= 0.6 is 0 Å². The molecule has 0 amide bonds. The van der Waals surface area contributed by atoms with Crippen LogP contribution in [0, 0.1) is 0 Å². The summed E-state index contributed by atoms with van der Waals surface area (Å²) in [7, 11) is 2.02. The molecule has 0 fully saturated rings. The summed E-state index contributed by atoms with van der Waals surface area (Å²) in [4.78, 5) is 8.92. The van der Waals surface area contributed by atoms with E-state index in [1.807, 2.05) is 37.4 Å². The summed E-state index contributed by atoms with van der Waals surface area (Å²) in [6.45, 7) is 0. The molecule has 0 saturated carbocycles. The van der Waals surface area contributed by atoms with Crippen LogP contribution in [0.15, 0.2) is 42.5 Å². The van der Waals surface area contributed by atoms with E-state index in [0.29, 0.717) is 12.2 Å². The van der Waals surface area contributed by atoms with Gasteiger partial charge in [-0.15, -0.1) is 0 Å². The average molecular weight is 238 g/mol. The molecule has 3 rings (SSSR count). The monoisotopic (exact) mass is 238 g/mol. The highest BCUT2D eigenvalue weighted by Crippen LogP contribution is 2.16. The number of para-hydroxylation sites is 2. The molecule has 0 aliphatic heterocycles. The third-order valence-corrected chi connectivity index (χ3v) is 3.05. The van der Waals surface area contributed by atoms with Crippen LogP contribution in [-0.2, 0) is 13.5 Å². The van der Waals surface area contributed by atoms with E-state index in [-0.39, 0.29) is 0 Å². The van der Waals surface area contributed by atoms with Gasteiger partial charge in [0, 0.05) is 13.5 Å². The van der Waals surface area contributed by atoms with E-state index in [9.17, 15) is 0 Å². The van der Waals surface area contributed by atoms with Crippen LogP contribution in [-0.4, -0.2) is 14.5 Å². The van der Waals surface area contributed by atoms with Crippen molar-refractivity contribution in [3.63, 3.8) is 0 Å². The third kappa shape index (κ3) is 1.82. The maximum absolute atomic E-state index is 5.69. The van der Waals surface area contributed by atoms with Crippen molar-refractivity contribution in [3.8, 4) is 0 Å². The summed E-state index contributed by atoms with van der Waals surface area (Å²) in [5.74, 6) is 1.54. The number of nitrogens with two attached hydrogens (primary N) is 1. The predicted molar refractivity (Wildman–Crippen MR) is 72.2 cm³/mol. The second-order valence-electron chi connectivity index (χ2n) is 4.31. The molecule has 4 heteroatoms.